The molecule has 0 aromatic carbocycles. The molecule has 0 spiro atoms. The molecule has 0 aliphatic rings. The summed E-state index contributed by atoms with van der Waals surface area (Å²) in [5.74, 6) is 1.59. The van der Waals surface area contributed by atoms with Crippen LogP contribution in [-0.2, 0) is 6.54 Å². The number of aromatic nitrogens is 2. The number of hydrogen-bond acceptors (Lipinski definition) is 5. The molecule has 0 aliphatic carbocycles. The molecule has 0 saturated heterocycles. The third kappa shape index (κ3) is 2.24. The van der Waals surface area contributed by atoms with E-state index < -0.39 is 0 Å². The van der Waals surface area contributed by atoms with Gasteiger partial charge in [0.1, 0.15) is 5.76 Å². The van der Waals surface area contributed by atoms with Gasteiger partial charge in [0.05, 0.1) is 17.9 Å². The normalized spacial score (nSPS) is 10.8. The summed E-state index contributed by atoms with van der Waals surface area (Å²) in [6, 6.07) is 0. The number of hydrogen-bond donors (Lipinski definition) is 1. The molecule has 5 heteroatoms. The highest BCUT2D eigenvalue weighted by Gasteiger charge is 2.07. The van der Waals surface area contributed by atoms with E-state index >= 15 is 0 Å². The maximum absolute atomic E-state index is 5.48. The Kier molecular flexibility index (Phi) is 2.96. The maximum Gasteiger partial charge on any atom is 0.214 e. The molecule has 86 valence electrons. The van der Waals surface area contributed by atoms with Crippen molar-refractivity contribution in [1.29, 1.82) is 0 Å². The number of rotatable bonds is 3. The van der Waals surface area contributed by atoms with Gasteiger partial charge in [0, 0.05) is 4.88 Å². The van der Waals surface area contributed by atoms with Crippen LogP contribution in [0.1, 0.15) is 27.9 Å². The van der Waals surface area contributed by atoms with Crippen molar-refractivity contribution < 1.29 is 4.42 Å². The van der Waals surface area contributed by atoms with Gasteiger partial charge in [0.25, 0.3) is 0 Å². The smallest absolute Gasteiger partial charge is 0.214 e. The second-order valence-electron chi connectivity index (χ2n) is 3.76. The van der Waals surface area contributed by atoms with Crippen molar-refractivity contribution in [3.8, 4) is 0 Å². The zero-order valence-corrected chi connectivity index (χ0v) is 10.7. The van der Waals surface area contributed by atoms with E-state index in [4.69, 9.17) is 4.42 Å². The first-order chi connectivity index (χ1) is 7.56. The molecule has 2 heterocycles. The molecule has 0 aliphatic heterocycles. The summed E-state index contributed by atoms with van der Waals surface area (Å²) in [5, 5.41) is 4.13. The van der Waals surface area contributed by atoms with Gasteiger partial charge in [-0.05, 0) is 27.7 Å². The van der Waals surface area contributed by atoms with Crippen molar-refractivity contribution in [3.05, 3.63) is 27.9 Å². The maximum atomic E-state index is 5.48. The Morgan fingerprint density at radius 3 is 2.38 bits per heavy atom. The fourth-order valence-electron chi connectivity index (χ4n) is 1.31. The van der Waals surface area contributed by atoms with E-state index in [1.54, 1.807) is 11.3 Å². The molecule has 2 aromatic rings. The van der Waals surface area contributed by atoms with E-state index in [1.807, 2.05) is 20.8 Å². The fraction of sp³-hybridized carbons (Fsp3) is 0.455. The van der Waals surface area contributed by atoms with Gasteiger partial charge in [-0.3, -0.25) is 0 Å². The summed E-state index contributed by atoms with van der Waals surface area (Å²) in [6.45, 7) is 8.53. The second-order valence-corrected chi connectivity index (χ2v) is 4.97. The summed E-state index contributed by atoms with van der Waals surface area (Å²) in [6.07, 6.45) is 0. The Bertz CT molecular complexity index is 416. The molecule has 0 unspecified atom stereocenters. The molecule has 2 aromatic heterocycles. The highest BCUT2D eigenvalue weighted by atomic mass is 32.1. The van der Waals surface area contributed by atoms with Crippen LogP contribution in [-0.4, -0.2) is 9.97 Å². The van der Waals surface area contributed by atoms with Crippen molar-refractivity contribution in [2.24, 2.45) is 0 Å². The molecule has 0 fully saturated rings. The molecule has 1 N–H and O–H groups in total. The molecule has 4 nitrogen and oxygen atoms in total. The summed E-state index contributed by atoms with van der Waals surface area (Å²) in [4.78, 5) is 9.93. The van der Waals surface area contributed by atoms with Gasteiger partial charge in [-0.15, -0.1) is 11.3 Å². The number of aryl methyl sites for hydroxylation is 4. The summed E-state index contributed by atoms with van der Waals surface area (Å²) in [5.41, 5.74) is 2.02. The highest BCUT2D eigenvalue weighted by Crippen LogP contribution is 2.21. The Morgan fingerprint density at radius 2 is 1.88 bits per heavy atom. The van der Waals surface area contributed by atoms with Crippen molar-refractivity contribution in [2.75, 3.05) is 5.32 Å². The Morgan fingerprint density at radius 1 is 1.12 bits per heavy atom. The van der Waals surface area contributed by atoms with E-state index in [9.17, 15) is 0 Å². The quantitative estimate of drug-likeness (QED) is 0.891. The van der Waals surface area contributed by atoms with E-state index in [0.29, 0.717) is 12.4 Å². The number of oxazole rings is 1. The van der Waals surface area contributed by atoms with Crippen molar-refractivity contribution in [2.45, 2.75) is 34.2 Å². The first-order valence-electron chi connectivity index (χ1n) is 5.17. The van der Waals surface area contributed by atoms with Gasteiger partial charge in [0.2, 0.25) is 5.89 Å². The minimum atomic E-state index is 0.584. The first-order valence-corrected chi connectivity index (χ1v) is 5.98. The molecule has 0 saturated carbocycles. The molecule has 0 radical (unpaired) electrons. The molecule has 2 rings (SSSR count). The van der Waals surface area contributed by atoms with Gasteiger partial charge < -0.3 is 9.73 Å². The van der Waals surface area contributed by atoms with Crippen molar-refractivity contribution in [1.82, 2.24) is 9.97 Å². The minimum absolute atomic E-state index is 0.584. The van der Waals surface area contributed by atoms with Gasteiger partial charge in [0.15, 0.2) is 5.13 Å². The van der Waals surface area contributed by atoms with Crippen LogP contribution in [0.2, 0.25) is 0 Å². The summed E-state index contributed by atoms with van der Waals surface area (Å²) in [7, 11) is 0. The molecule has 16 heavy (non-hydrogen) atoms. The zero-order chi connectivity index (χ0) is 11.7. The Labute approximate surface area is 98.7 Å². The number of nitrogens with zero attached hydrogens (tertiary/aromatic N) is 2. The first kappa shape index (κ1) is 11.1. The van der Waals surface area contributed by atoms with Crippen LogP contribution >= 0.6 is 11.3 Å². The van der Waals surface area contributed by atoms with Gasteiger partial charge in [-0.2, -0.15) is 0 Å². The standard InChI is InChI=1S/C11H15N3OS/c1-6-8(3)15-10(13-6)5-12-11-14-7(2)9(4)16-11/h5H2,1-4H3,(H,12,14). The van der Waals surface area contributed by atoms with Crippen LogP contribution in [0.4, 0.5) is 5.13 Å². The van der Waals surface area contributed by atoms with E-state index in [-0.39, 0.29) is 0 Å². The highest BCUT2D eigenvalue weighted by molar-refractivity contribution is 7.15. The van der Waals surface area contributed by atoms with Crippen LogP contribution in [0.15, 0.2) is 4.42 Å². The van der Waals surface area contributed by atoms with Gasteiger partial charge in [-0.25, -0.2) is 9.97 Å². The van der Waals surface area contributed by atoms with Crippen LogP contribution < -0.4 is 5.32 Å². The zero-order valence-electron chi connectivity index (χ0n) is 9.92. The lowest BCUT2D eigenvalue weighted by Gasteiger charge is -1.96. The number of thiazole rings is 1. The van der Waals surface area contributed by atoms with E-state index in [1.165, 1.54) is 4.88 Å². The molecule has 0 amide bonds. The van der Waals surface area contributed by atoms with E-state index in [2.05, 4.69) is 22.2 Å². The van der Waals surface area contributed by atoms with E-state index in [0.717, 1.165) is 22.3 Å². The minimum Gasteiger partial charge on any atom is -0.444 e. The van der Waals surface area contributed by atoms with Gasteiger partial charge >= 0.3 is 0 Å². The summed E-state index contributed by atoms with van der Waals surface area (Å²) < 4.78 is 5.48. The van der Waals surface area contributed by atoms with Crippen molar-refractivity contribution in [3.63, 3.8) is 0 Å². The van der Waals surface area contributed by atoms with Gasteiger partial charge in [-0.1, -0.05) is 0 Å². The fourth-order valence-corrected chi connectivity index (χ4v) is 2.12. The molecular weight excluding hydrogens is 222 g/mol. The van der Waals surface area contributed by atoms with Crippen molar-refractivity contribution >= 4 is 16.5 Å². The molecular formula is C11H15N3OS. The average molecular weight is 237 g/mol. The third-order valence-electron chi connectivity index (χ3n) is 2.49. The summed E-state index contributed by atoms with van der Waals surface area (Å²) >= 11 is 1.65. The van der Waals surface area contributed by atoms with Crippen LogP contribution in [0.3, 0.4) is 0 Å². The Balaban J connectivity index is 2.02. The predicted molar refractivity (Wildman–Crippen MR) is 64.9 cm³/mol. The lowest BCUT2D eigenvalue weighted by Crippen LogP contribution is -1.99. The predicted octanol–water partition coefficient (Wildman–Crippen LogP) is 2.98. The Hall–Kier alpha value is -1.36. The number of nitrogens with one attached hydrogen (secondary N) is 1. The third-order valence-corrected chi connectivity index (χ3v) is 3.52. The molecule has 0 atom stereocenters. The van der Waals surface area contributed by atoms with Crippen LogP contribution in [0.5, 0.6) is 0 Å². The van der Waals surface area contributed by atoms with Crippen LogP contribution in [0, 0.1) is 27.7 Å². The van der Waals surface area contributed by atoms with Crippen LogP contribution in [0.25, 0.3) is 0 Å². The monoisotopic (exact) mass is 237 g/mol. The number of anilines is 1. The topological polar surface area (TPSA) is 51.0 Å². The largest absolute Gasteiger partial charge is 0.444 e. The average Bonchev–Trinajstić information content (AvgIpc) is 2.70. The molecule has 0 bridgehead atoms. The SMILES string of the molecule is Cc1nc(CNc2nc(C)c(C)s2)oc1C. The lowest BCUT2D eigenvalue weighted by atomic mass is 10.4. The lowest BCUT2D eigenvalue weighted by molar-refractivity contribution is 0.478. The second kappa shape index (κ2) is 4.25.